The molecule has 1 fully saturated rings. The third-order valence-corrected chi connectivity index (χ3v) is 5.28. The lowest BCUT2D eigenvalue weighted by Crippen LogP contribution is -2.46. The van der Waals surface area contributed by atoms with Gasteiger partial charge in [-0.1, -0.05) is 6.07 Å². The molecule has 3 rings (SSSR count). The maximum Gasteiger partial charge on any atom is 0.407 e. The molecule has 27 heavy (non-hydrogen) atoms. The summed E-state index contributed by atoms with van der Waals surface area (Å²) < 4.78 is 10.5. The molecule has 1 saturated heterocycles. The van der Waals surface area contributed by atoms with Crippen LogP contribution in [-0.4, -0.2) is 48.2 Å². The first-order valence-electron chi connectivity index (χ1n) is 9.73. The average molecular weight is 374 g/mol. The summed E-state index contributed by atoms with van der Waals surface area (Å²) in [5.74, 6) is -0.209. The molecule has 0 bridgehead atoms. The van der Waals surface area contributed by atoms with Crippen LogP contribution in [0.5, 0.6) is 0 Å². The largest absolute Gasteiger partial charge is 0.457 e. The molecule has 2 aliphatic heterocycles. The van der Waals surface area contributed by atoms with E-state index in [0.717, 1.165) is 44.5 Å². The molecule has 0 radical (unpaired) electrons. The first kappa shape index (κ1) is 19.7. The summed E-state index contributed by atoms with van der Waals surface area (Å²) in [4.78, 5) is 26.0. The van der Waals surface area contributed by atoms with E-state index in [2.05, 4.69) is 23.2 Å². The van der Waals surface area contributed by atoms with Crippen LogP contribution in [-0.2, 0) is 22.5 Å². The normalized spacial score (nSPS) is 18.1. The number of fused-ring (bicyclic) bond motifs is 1. The second kappa shape index (κ2) is 7.89. The Kier molecular flexibility index (Phi) is 5.75. The van der Waals surface area contributed by atoms with Gasteiger partial charge in [-0.3, -0.25) is 0 Å². The van der Waals surface area contributed by atoms with Crippen molar-refractivity contribution in [3.63, 3.8) is 0 Å². The molecule has 1 N–H and O–H groups in total. The van der Waals surface area contributed by atoms with Gasteiger partial charge in [0.25, 0.3) is 0 Å². The van der Waals surface area contributed by atoms with E-state index in [9.17, 15) is 9.59 Å². The van der Waals surface area contributed by atoms with E-state index in [1.165, 1.54) is 11.1 Å². The highest BCUT2D eigenvalue weighted by atomic mass is 16.6. The summed E-state index contributed by atoms with van der Waals surface area (Å²) in [5, 5.41) is 2.98. The molecule has 0 atom stereocenters. The van der Waals surface area contributed by atoms with Gasteiger partial charge in [0, 0.05) is 31.2 Å². The molecule has 1 aromatic carbocycles. The van der Waals surface area contributed by atoms with Crippen molar-refractivity contribution in [1.29, 1.82) is 0 Å². The summed E-state index contributed by atoms with van der Waals surface area (Å²) in [7, 11) is 0. The highest BCUT2D eigenvalue weighted by Gasteiger charge is 2.25. The lowest BCUT2D eigenvalue weighted by Gasteiger charge is -2.33. The van der Waals surface area contributed by atoms with Crippen molar-refractivity contribution >= 4 is 12.1 Å². The highest BCUT2D eigenvalue weighted by molar-refractivity contribution is 5.93. The van der Waals surface area contributed by atoms with E-state index in [0.29, 0.717) is 12.2 Å². The number of rotatable bonds is 4. The maximum absolute atomic E-state index is 11.9. The lowest BCUT2D eigenvalue weighted by molar-refractivity contribution is 0.0477. The molecule has 2 heterocycles. The summed E-state index contributed by atoms with van der Waals surface area (Å²) in [5.41, 5.74) is 3.75. The summed E-state index contributed by atoms with van der Waals surface area (Å²) >= 11 is 0. The van der Waals surface area contributed by atoms with Gasteiger partial charge in [0.15, 0.2) is 0 Å². The van der Waals surface area contributed by atoms with Crippen LogP contribution in [0.2, 0.25) is 0 Å². The number of carbonyl (C=O) groups excluding carboxylic acids is 2. The number of hydrogen-bond donors (Lipinski definition) is 1. The first-order chi connectivity index (χ1) is 12.7. The maximum atomic E-state index is 11.9. The van der Waals surface area contributed by atoms with E-state index >= 15 is 0 Å². The van der Waals surface area contributed by atoms with Gasteiger partial charge in [-0.25, -0.2) is 9.59 Å². The highest BCUT2D eigenvalue weighted by Crippen LogP contribution is 2.26. The van der Waals surface area contributed by atoms with Crippen molar-refractivity contribution in [2.24, 2.45) is 0 Å². The van der Waals surface area contributed by atoms with E-state index in [-0.39, 0.29) is 18.1 Å². The van der Waals surface area contributed by atoms with Crippen LogP contribution in [0.4, 0.5) is 4.79 Å². The van der Waals surface area contributed by atoms with Crippen molar-refractivity contribution in [2.45, 2.75) is 65.2 Å². The minimum absolute atomic E-state index is 0.181. The second-order valence-electron chi connectivity index (χ2n) is 8.46. The third-order valence-electron chi connectivity index (χ3n) is 5.28. The number of ether oxygens (including phenoxy) is 2. The van der Waals surface area contributed by atoms with Gasteiger partial charge in [0.1, 0.15) is 12.2 Å². The van der Waals surface area contributed by atoms with E-state index < -0.39 is 5.60 Å². The SMILES string of the molecule is Cc1c(CCN2CCC(NC(=O)OC(C)(C)C)CC2)ccc2c1COC2=O. The molecule has 148 valence electrons. The number of benzene rings is 1. The minimum atomic E-state index is -0.464. The number of alkyl carbamates (subject to hydrolysis) is 1. The Hall–Kier alpha value is -2.08. The molecule has 6 heteroatoms. The molecular weight excluding hydrogens is 344 g/mol. The number of amides is 1. The van der Waals surface area contributed by atoms with E-state index in [1.807, 2.05) is 26.8 Å². The number of esters is 1. The first-order valence-corrected chi connectivity index (χ1v) is 9.73. The Morgan fingerprint density at radius 1 is 1.30 bits per heavy atom. The number of hydrogen-bond acceptors (Lipinski definition) is 5. The van der Waals surface area contributed by atoms with Gasteiger partial charge in [0.2, 0.25) is 0 Å². The van der Waals surface area contributed by atoms with Crippen LogP contribution >= 0.6 is 0 Å². The Morgan fingerprint density at radius 3 is 2.67 bits per heavy atom. The summed E-state index contributed by atoms with van der Waals surface area (Å²) in [6.45, 7) is 11.0. The molecule has 0 saturated carbocycles. The van der Waals surface area contributed by atoms with Crippen LogP contribution in [0.3, 0.4) is 0 Å². The predicted molar refractivity (Wildman–Crippen MR) is 103 cm³/mol. The molecule has 2 aliphatic rings. The number of carbonyl (C=O) groups is 2. The topological polar surface area (TPSA) is 67.9 Å². The van der Waals surface area contributed by atoms with Crippen LogP contribution in [0.15, 0.2) is 12.1 Å². The molecule has 6 nitrogen and oxygen atoms in total. The van der Waals surface area contributed by atoms with E-state index in [1.54, 1.807) is 0 Å². The lowest BCUT2D eigenvalue weighted by atomic mass is 9.96. The minimum Gasteiger partial charge on any atom is -0.457 e. The van der Waals surface area contributed by atoms with Gasteiger partial charge >= 0.3 is 12.1 Å². The molecule has 0 unspecified atom stereocenters. The Bertz CT molecular complexity index is 716. The predicted octanol–water partition coefficient (Wildman–Crippen LogP) is 3.20. The average Bonchev–Trinajstić information content (AvgIpc) is 2.96. The van der Waals surface area contributed by atoms with Gasteiger partial charge in [0.05, 0.1) is 5.56 Å². The van der Waals surface area contributed by atoms with Crippen molar-refractivity contribution in [2.75, 3.05) is 19.6 Å². The Labute approximate surface area is 161 Å². The fourth-order valence-electron chi connectivity index (χ4n) is 3.72. The van der Waals surface area contributed by atoms with Crippen LogP contribution in [0.25, 0.3) is 0 Å². The summed E-state index contributed by atoms with van der Waals surface area (Å²) in [6, 6.07) is 4.13. The summed E-state index contributed by atoms with van der Waals surface area (Å²) in [6.07, 6.45) is 2.50. The number of cyclic esters (lactones) is 1. The Balaban J connectivity index is 1.45. The molecular formula is C21H30N2O4. The van der Waals surface area contributed by atoms with Crippen molar-refractivity contribution in [3.8, 4) is 0 Å². The number of likely N-dealkylation sites (tertiary alicyclic amines) is 1. The number of nitrogens with zero attached hydrogens (tertiary/aromatic N) is 1. The monoisotopic (exact) mass is 374 g/mol. The molecule has 0 aromatic heterocycles. The van der Waals surface area contributed by atoms with Crippen LogP contribution < -0.4 is 5.32 Å². The fraction of sp³-hybridized carbons (Fsp3) is 0.619. The quantitative estimate of drug-likeness (QED) is 0.820. The molecule has 0 aliphatic carbocycles. The second-order valence-corrected chi connectivity index (χ2v) is 8.46. The smallest absolute Gasteiger partial charge is 0.407 e. The zero-order chi connectivity index (χ0) is 19.6. The zero-order valence-electron chi connectivity index (χ0n) is 16.8. The van der Waals surface area contributed by atoms with Gasteiger partial charge in [-0.05, 0) is 64.2 Å². The van der Waals surface area contributed by atoms with Crippen molar-refractivity contribution in [1.82, 2.24) is 10.2 Å². The number of nitrogens with one attached hydrogen (secondary N) is 1. The van der Waals surface area contributed by atoms with Gasteiger partial charge < -0.3 is 19.7 Å². The third kappa shape index (κ3) is 5.01. The van der Waals surface area contributed by atoms with Gasteiger partial charge in [-0.15, -0.1) is 0 Å². The molecule has 1 aromatic rings. The van der Waals surface area contributed by atoms with Crippen molar-refractivity contribution < 1.29 is 19.1 Å². The fourth-order valence-corrected chi connectivity index (χ4v) is 3.72. The van der Waals surface area contributed by atoms with Gasteiger partial charge in [-0.2, -0.15) is 0 Å². The Morgan fingerprint density at radius 2 is 2.00 bits per heavy atom. The number of piperidine rings is 1. The van der Waals surface area contributed by atoms with Crippen molar-refractivity contribution in [3.05, 3.63) is 34.4 Å². The molecule has 0 spiro atoms. The van der Waals surface area contributed by atoms with Crippen LogP contribution in [0.1, 0.15) is 60.7 Å². The zero-order valence-corrected chi connectivity index (χ0v) is 16.8. The molecule has 1 amide bonds. The standard InChI is InChI=1S/C21H30N2O4/c1-14-15(5-6-17-18(14)13-26-19(17)24)7-10-23-11-8-16(9-12-23)22-20(25)27-21(2,3)4/h5-6,16H,7-13H2,1-4H3,(H,22,25). The van der Waals surface area contributed by atoms with Crippen LogP contribution in [0, 0.1) is 6.92 Å². The van der Waals surface area contributed by atoms with E-state index in [4.69, 9.17) is 9.47 Å².